The summed E-state index contributed by atoms with van der Waals surface area (Å²) in [6, 6.07) is 18.2. The molecule has 0 aromatic heterocycles. The molecule has 0 saturated carbocycles. The van der Waals surface area contributed by atoms with Crippen molar-refractivity contribution in [2.45, 2.75) is 22.6 Å². The fourth-order valence-electron chi connectivity index (χ4n) is 4.56. The van der Waals surface area contributed by atoms with E-state index in [-0.39, 0.29) is 18.2 Å². The molecule has 2 aliphatic heterocycles. The molecular formula is C24H27N3O5S. The number of carboxylic acid groups (broad SMARTS) is 2. The van der Waals surface area contributed by atoms with Crippen molar-refractivity contribution in [2.24, 2.45) is 5.92 Å². The Morgan fingerprint density at radius 1 is 0.848 bits per heavy atom. The van der Waals surface area contributed by atoms with Crippen molar-refractivity contribution in [1.29, 1.82) is 0 Å². The standard InChI is InChI=1S/C24H27N3O5S/c28-22(26-13-11-25(12-14-26)17-7-3-1-4-8-17)21-20(23(29)30)15-19(16-27(21)24(31)32)33-18-9-5-2-6-10-18/h1-10,19-21H,11-16H2,(H,29,30)(H,31,32)/t19-,20-,21-/m0/s1. The van der Waals surface area contributed by atoms with Gasteiger partial charge in [0.15, 0.2) is 0 Å². The molecule has 0 unspecified atom stereocenters. The molecule has 9 heteroatoms. The molecule has 0 aliphatic carbocycles. The van der Waals surface area contributed by atoms with E-state index < -0.39 is 29.9 Å². The highest BCUT2D eigenvalue weighted by atomic mass is 32.2. The second kappa shape index (κ2) is 10.2. The van der Waals surface area contributed by atoms with Gasteiger partial charge in [0.25, 0.3) is 0 Å². The van der Waals surface area contributed by atoms with Gasteiger partial charge in [-0.3, -0.25) is 14.5 Å². The van der Waals surface area contributed by atoms with Crippen LogP contribution in [0.3, 0.4) is 0 Å². The van der Waals surface area contributed by atoms with Crippen molar-refractivity contribution in [3.8, 4) is 0 Å². The van der Waals surface area contributed by atoms with Crippen LogP contribution < -0.4 is 4.90 Å². The largest absolute Gasteiger partial charge is 0.481 e. The zero-order valence-electron chi connectivity index (χ0n) is 18.1. The average molecular weight is 470 g/mol. The number of likely N-dealkylation sites (tertiary alicyclic amines) is 1. The van der Waals surface area contributed by atoms with Crippen LogP contribution in [0.5, 0.6) is 0 Å². The van der Waals surface area contributed by atoms with E-state index in [1.54, 1.807) is 4.90 Å². The maximum atomic E-state index is 13.4. The highest BCUT2D eigenvalue weighted by Crippen LogP contribution is 2.35. The normalized spacial score (nSPS) is 23.3. The summed E-state index contributed by atoms with van der Waals surface area (Å²) in [6.45, 7) is 2.18. The van der Waals surface area contributed by atoms with Crippen LogP contribution in [-0.2, 0) is 9.59 Å². The lowest BCUT2D eigenvalue weighted by Crippen LogP contribution is -2.62. The third-order valence-corrected chi connectivity index (χ3v) is 7.43. The van der Waals surface area contributed by atoms with E-state index in [0.29, 0.717) is 26.2 Å². The number of carboxylic acids is 1. The predicted molar refractivity (Wildman–Crippen MR) is 126 cm³/mol. The zero-order valence-corrected chi connectivity index (χ0v) is 18.9. The van der Waals surface area contributed by atoms with E-state index in [2.05, 4.69) is 4.90 Å². The van der Waals surface area contributed by atoms with E-state index in [0.717, 1.165) is 15.5 Å². The van der Waals surface area contributed by atoms with E-state index in [1.165, 1.54) is 11.8 Å². The number of aliphatic carboxylic acids is 1. The molecule has 2 heterocycles. The highest BCUT2D eigenvalue weighted by molar-refractivity contribution is 8.00. The first-order chi connectivity index (χ1) is 15.9. The summed E-state index contributed by atoms with van der Waals surface area (Å²) in [4.78, 5) is 43.4. The lowest BCUT2D eigenvalue weighted by molar-refractivity contribution is -0.153. The lowest BCUT2D eigenvalue weighted by atomic mass is 9.88. The fourth-order valence-corrected chi connectivity index (χ4v) is 5.80. The number of piperidine rings is 1. The van der Waals surface area contributed by atoms with E-state index in [4.69, 9.17) is 0 Å². The Labute approximate surface area is 196 Å². The van der Waals surface area contributed by atoms with Gasteiger partial charge in [-0.1, -0.05) is 36.4 Å². The van der Waals surface area contributed by atoms with Crippen LogP contribution in [0.25, 0.3) is 0 Å². The Bertz CT molecular complexity index is 958. The molecule has 2 aromatic rings. The predicted octanol–water partition coefficient (Wildman–Crippen LogP) is 2.95. The minimum absolute atomic E-state index is 0.110. The van der Waals surface area contributed by atoms with Crippen molar-refractivity contribution in [1.82, 2.24) is 9.80 Å². The minimum atomic E-state index is -1.26. The van der Waals surface area contributed by atoms with Gasteiger partial charge in [0, 0.05) is 48.6 Å². The summed E-state index contributed by atoms with van der Waals surface area (Å²) < 4.78 is 0. The first-order valence-corrected chi connectivity index (χ1v) is 11.8. The molecule has 3 atom stereocenters. The number of hydrogen-bond donors (Lipinski definition) is 2. The van der Waals surface area contributed by atoms with Crippen molar-refractivity contribution in [3.63, 3.8) is 0 Å². The molecule has 33 heavy (non-hydrogen) atoms. The van der Waals surface area contributed by atoms with Gasteiger partial charge in [0.05, 0.1) is 5.92 Å². The van der Waals surface area contributed by atoms with Gasteiger partial charge in [-0.05, 0) is 30.7 Å². The summed E-state index contributed by atoms with van der Waals surface area (Å²) in [5, 5.41) is 19.6. The summed E-state index contributed by atoms with van der Waals surface area (Å²) >= 11 is 1.45. The van der Waals surface area contributed by atoms with Gasteiger partial charge < -0.3 is 20.0 Å². The number of benzene rings is 2. The molecule has 8 nitrogen and oxygen atoms in total. The van der Waals surface area contributed by atoms with Crippen molar-refractivity contribution in [3.05, 3.63) is 60.7 Å². The number of carbonyl (C=O) groups excluding carboxylic acids is 1. The number of para-hydroxylation sites is 1. The number of piperazine rings is 1. The topological polar surface area (TPSA) is 101 Å². The van der Waals surface area contributed by atoms with Gasteiger partial charge >= 0.3 is 12.1 Å². The molecule has 2 aliphatic rings. The Morgan fingerprint density at radius 3 is 2.03 bits per heavy atom. The van der Waals surface area contributed by atoms with Gasteiger partial charge in [-0.2, -0.15) is 0 Å². The first-order valence-electron chi connectivity index (χ1n) is 11.0. The van der Waals surface area contributed by atoms with Crippen LogP contribution in [0.1, 0.15) is 6.42 Å². The fraction of sp³-hybridized carbons (Fsp3) is 0.375. The number of rotatable bonds is 5. The quantitative estimate of drug-likeness (QED) is 0.694. The average Bonchev–Trinajstić information content (AvgIpc) is 2.84. The van der Waals surface area contributed by atoms with Gasteiger partial charge in [-0.25, -0.2) is 4.79 Å². The Morgan fingerprint density at radius 2 is 1.45 bits per heavy atom. The Hall–Kier alpha value is -3.20. The first kappa shape index (κ1) is 23.0. The lowest BCUT2D eigenvalue weighted by Gasteiger charge is -2.44. The molecule has 2 fully saturated rings. The van der Waals surface area contributed by atoms with E-state index in [1.807, 2.05) is 60.7 Å². The summed E-state index contributed by atoms with van der Waals surface area (Å²) in [5.41, 5.74) is 1.07. The molecule has 2 N–H and O–H groups in total. The van der Waals surface area contributed by atoms with E-state index in [9.17, 15) is 24.6 Å². The molecular weight excluding hydrogens is 442 g/mol. The number of anilines is 1. The maximum absolute atomic E-state index is 13.4. The van der Waals surface area contributed by atoms with Gasteiger partial charge in [-0.15, -0.1) is 11.8 Å². The molecule has 2 saturated heterocycles. The molecule has 4 rings (SSSR count). The highest BCUT2D eigenvalue weighted by Gasteiger charge is 2.48. The van der Waals surface area contributed by atoms with Gasteiger partial charge in [0.2, 0.25) is 5.91 Å². The van der Waals surface area contributed by atoms with Crippen LogP contribution in [0.4, 0.5) is 10.5 Å². The van der Waals surface area contributed by atoms with Crippen LogP contribution >= 0.6 is 11.8 Å². The summed E-state index contributed by atoms with van der Waals surface area (Å²) in [5.74, 6) is -2.64. The molecule has 2 aromatic carbocycles. The molecule has 0 bridgehead atoms. The number of amides is 2. The second-order valence-electron chi connectivity index (χ2n) is 8.26. The third kappa shape index (κ3) is 5.24. The molecule has 0 radical (unpaired) electrons. The van der Waals surface area contributed by atoms with Crippen molar-refractivity contribution >= 4 is 35.4 Å². The van der Waals surface area contributed by atoms with Crippen molar-refractivity contribution in [2.75, 3.05) is 37.6 Å². The number of thioether (sulfide) groups is 1. The molecule has 2 amide bonds. The monoisotopic (exact) mass is 469 g/mol. The minimum Gasteiger partial charge on any atom is -0.481 e. The van der Waals surface area contributed by atoms with E-state index >= 15 is 0 Å². The van der Waals surface area contributed by atoms with Crippen LogP contribution in [0, 0.1) is 5.92 Å². The van der Waals surface area contributed by atoms with Crippen LogP contribution in [0.2, 0.25) is 0 Å². The van der Waals surface area contributed by atoms with Crippen molar-refractivity contribution < 1.29 is 24.6 Å². The Balaban J connectivity index is 1.48. The Kier molecular flexibility index (Phi) is 7.08. The van der Waals surface area contributed by atoms with Gasteiger partial charge in [0.1, 0.15) is 6.04 Å². The molecule has 174 valence electrons. The zero-order chi connectivity index (χ0) is 23.4. The van der Waals surface area contributed by atoms with Crippen LogP contribution in [0.15, 0.2) is 65.6 Å². The smallest absolute Gasteiger partial charge is 0.408 e. The third-order valence-electron chi connectivity index (χ3n) is 6.21. The maximum Gasteiger partial charge on any atom is 0.408 e. The number of nitrogens with zero attached hydrogens (tertiary/aromatic N) is 3. The molecule has 0 spiro atoms. The second-order valence-corrected chi connectivity index (χ2v) is 9.63. The SMILES string of the molecule is O=C(O)[C@H]1C[C@H](Sc2ccccc2)CN(C(=O)O)[C@@H]1C(=O)N1CCN(c2ccccc2)CC1. The number of carbonyl (C=O) groups is 3. The number of hydrogen-bond acceptors (Lipinski definition) is 5. The summed E-state index contributed by atoms with van der Waals surface area (Å²) in [6.07, 6.45) is -1.03. The van der Waals surface area contributed by atoms with Crippen LogP contribution in [-0.4, -0.2) is 82.0 Å². The summed E-state index contributed by atoms with van der Waals surface area (Å²) in [7, 11) is 0.